The molecule has 1 fully saturated rings. The lowest BCUT2D eigenvalue weighted by molar-refractivity contribution is -0.137. The lowest BCUT2D eigenvalue weighted by Gasteiger charge is -2.35. The molecule has 2 aromatic carbocycles. The van der Waals surface area contributed by atoms with Gasteiger partial charge >= 0.3 is 6.18 Å². The van der Waals surface area contributed by atoms with Gasteiger partial charge in [0.15, 0.2) is 11.0 Å². The molecule has 1 unspecified atom stereocenters. The molecule has 0 saturated carbocycles. The number of alkyl halides is 3. The summed E-state index contributed by atoms with van der Waals surface area (Å²) in [5.74, 6) is 3.91. The molecule has 0 amide bonds. The van der Waals surface area contributed by atoms with Gasteiger partial charge in [-0.05, 0) is 53.3 Å². The second kappa shape index (κ2) is 7.75. The van der Waals surface area contributed by atoms with E-state index in [2.05, 4.69) is 21.5 Å². The number of halogens is 4. The van der Waals surface area contributed by atoms with Crippen molar-refractivity contribution in [2.45, 2.75) is 30.0 Å². The van der Waals surface area contributed by atoms with Crippen LogP contribution >= 0.6 is 11.6 Å². The summed E-state index contributed by atoms with van der Waals surface area (Å²) in [5.41, 5.74) is -0.0462. The van der Waals surface area contributed by atoms with E-state index < -0.39 is 21.4 Å². The van der Waals surface area contributed by atoms with E-state index in [1.807, 2.05) is 0 Å². The first kappa shape index (κ1) is 21.0. The Labute approximate surface area is 176 Å². The largest absolute Gasteiger partial charge is 0.418 e. The molecule has 0 aliphatic carbocycles. The number of piperidine rings is 1. The summed E-state index contributed by atoms with van der Waals surface area (Å²) in [6.45, 7) is 0.785. The number of nitrogens with one attached hydrogen (secondary N) is 1. The average molecular weight is 459 g/mol. The number of hydrogen-bond acceptors (Lipinski definition) is 5. The van der Waals surface area contributed by atoms with Crippen LogP contribution in [0.2, 0.25) is 5.02 Å². The Morgan fingerprint density at radius 1 is 1.13 bits per heavy atom. The van der Waals surface area contributed by atoms with Crippen molar-refractivity contribution in [2.75, 3.05) is 18.4 Å². The second-order valence-corrected chi connectivity index (χ2v) is 9.68. The molecular weight excluding hydrogens is 441 g/mol. The first-order valence-electron chi connectivity index (χ1n) is 9.14. The Bertz CT molecular complexity index is 1170. The van der Waals surface area contributed by atoms with Gasteiger partial charge < -0.3 is 5.32 Å². The maximum Gasteiger partial charge on any atom is 0.418 e. The lowest BCUT2D eigenvalue weighted by atomic mass is 10.0. The summed E-state index contributed by atoms with van der Waals surface area (Å²) in [4.78, 5) is 0.372. The zero-order chi connectivity index (χ0) is 21.5. The van der Waals surface area contributed by atoms with E-state index in [-0.39, 0.29) is 11.7 Å². The van der Waals surface area contributed by atoms with E-state index in [0.717, 1.165) is 6.07 Å². The maximum atomic E-state index is 13.5. The van der Waals surface area contributed by atoms with Crippen LogP contribution in [-0.4, -0.2) is 43.8 Å². The Morgan fingerprint density at radius 2 is 1.80 bits per heavy atom. The fourth-order valence-corrected chi connectivity index (χ4v) is 5.56. The van der Waals surface area contributed by atoms with Crippen molar-refractivity contribution in [1.82, 2.24) is 14.6 Å². The van der Waals surface area contributed by atoms with Crippen LogP contribution in [0.1, 0.15) is 18.4 Å². The normalized spacial score (nSPS) is 18.4. The topological polar surface area (TPSA) is 71.3 Å². The molecule has 2 heterocycles. The van der Waals surface area contributed by atoms with E-state index in [4.69, 9.17) is 16.2 Å². The van der Waals surface area contributed by atoms with Crippen molar-refractivity contribution in [3.8, 4) is 0 Å². The number of aromatic nitrogens is 2. The summed E-state index contributed by atoms with van der Waals surface area (Å²) in [6.07, 6.45) is -3.42. The molecule has 30 heavy (non-hydrogen) atoms. The van der Waals surface area contributed by atoms with Crippen LogP contribution in [0.3, 0.4) is 0 Å². The molecule has 6 nitrogen and oxygen atoms in total. The van der Waals surface area contributed by atoms with Crippen molar-refractivity contribution in [2.24, 2.45) is 0 Å². The smallest absolute Gasteiger partial charge is 0.382 e. The van der Waals surface area contributed by atoms with Gasteiger partial charge in [-0.25, -0.2) is 13.1 Å². The number of benzene rings is 2. The first-order chi connectivity index (χ1) is 14.2. The standard InChI is InChI=1S/C19H18ClF3N4O2S/c1-30(28,16-7-6-14(20)17-18(16)26-29-25-17)27-10-8-12(9-11-27)24-15-5-3-2-4-13(15)19(21,22)23/h2-7,12,24H,1,8-11H2. The second-order valence-electron chi connectivity index (χ2n) is 7.04. The molecule has 1 aliphatic rings. The number of hydrogen-bond donors (Lipinski definition) is 1. The quantitative estimate of drug-likeness (QED) is 0.584. The third kappa shape index (κ3) is 3.86. The van der Waals surface area contributed by atoms with E-state index in [9.17, 15) is 17.4 Å². The molecule has 1 N–H and O–H groups in total. The predicted molar refractivity (Wildman–Crippen MR) is 110 cm³/mol. The van der Waals surface area contributed by atoms with Gasteiger partial charge in [-0.1, -0.05) is 23.7 Å². The van der Waals surface area contributed by atoms with Gasteiger partial charge in [-0.3, -0.25) is 0 Å². The van der Waals surface area contributed by atoms with Gasteiger partial charge in [-0.2, -0.15) is 13.2 Å². The van der Waals surface area contributed by atoms with Gasteiger partial charge in [0.1, 0.15) is 0 Å². The molecule has 1 atom stereocenters. The summed E-state index contributed by atoms with van der Waals surface area (Å²) in [7, 11) is -2.90. The van der Waals surface area contributed by atoms with E-state index in [0.29, 0.717) is 46.9 Å². The molecule has 4 rings (SSSR count). The molecule has 0 spiro atoms. The Kier molecular flexibility index (Phi) is 5.41. The van der Waals surface area contributed by atoms with E-state index in [1.165, 1.54) is 12.1 Å². The summed E-state index contributed by atoms with van der Waals surface area (Å²) in [5, 5.41) is 10.9. The highest BCUT2D eigenvalue weighted by atomic mass is 35.5. The zero-order valence-electron chi connectivity index (χ0n) is 15.7. The Morgan fingerprint density at radius 3 is 2.50 bits per heavy atom. The SMILES string of the molecule is C=S(=O)(c1ccc(Cl)c2nonc12)N1CCC(Nc2ccccc2C(F)(F)F)CC1. The zero-order valence-corrected chi connectivity index (χ0v) is 17.2. The van der Waals surface area contributed by atoms with E-state index in [1.54, 1.807) is 22.5 Å². The summed E-state index contributed by atoms with van der Waals surface area (Å²) >= 11 is 6.07. The molecule has 3 aromatic rings. The minimum Gasteiger partial charge on any atom is -0.382 e. The van der Waals surface area contributed by atoms with Crippen molar-refractivity contribution in [3.05, 3.63) is 47.0 Å². The van der Waals surface area contributed by atoms with Crippen LogP contribution in [0.4, 0.5) is 18.9 Å². The molecular formula is C19H18ClF3N4O2S. The number of nitrogens with zero attached hydrogens (tertiary/aromatic N) is 3. The fraction of sp³-hybridized carbons (Fsp3) is 0.316. The fourth-order valence-electron chi connectivity index (χ4n) is 3.58. The number of anilines is 1. The minimum absolute atomic E-state index is 0.0480. The monoisotopic (exact) mass is 458 g/mol. The molecule has 160 valence electrons. The number of fused-ring (bicyclic) bond motifs is 1. The van der Waals surface area contributed by atoms with Gasteiger partial charge in [-0.15, -0.1) is 0 Å². The van der Waals surface area contributed by atoms with Crippen LogP contribution < -0.4 is 5.32 Å². The molecule has 0 radical (unpaired) electrons. The average Bonchev–Trinajstić information content (AvgIpc) is 3.19. The minimum atomic E-state index is -4.43. The first-order valence-corrected chi connectivity index (χ1v) is 11.2. The lowest BCUT2D eigenvalue weighted by Crippen LogP contribution is -2.42. The number of para-hydroxylation sites is 1. The van der Waals surface area contributed by atoms with Crippen LogP contribution in [0.5, 0.6) is 0 Å². The van der Waals surface area contributed by atoms with E-state index >= 15 is 0 Å². The van der Waals surface area contributed by atoms with Gasteiger partial charge in [0, 0.05) is 24.8 Å². The predicted octanol–water partition coefficient (Wildman–Crippen LogP) is 4.46. The molecule has 11 heteroatoms. The maximum absolute atomic E-state index is 13.5. The van der Waals surface area contributed by atoms with Crippen molar-refractivity contribution in [1.29, 1.82) is 0 Å². The highest BCUT2D eigenvalue weighted by Gasteiger charge is 2.34. The van der Waals surface area contributed by atoms with Crippen LogP contribution in [0, 0.1) is 0 Å². The van der Waals surface area contributed by atoms with Crippen molar-refractivity contribution < 1.29 is 22.0 Å². The van der Waals surface area contributed by atoms with Gasteiger partial charge in [0.05, 0.1) is 25.2 Å². The van der Waals surface area contributed by atoms with Gasteiger partial charge in [0.2, 0.25) is 0 Å². The highest BCUT2D eigenvalue weighted by molar-refractivity contribution is 7.98. The summed E-state index contributed by atoms with van der Waals surface area (Å²) < 4.78 is 59.6. The van der Waals surface area contributed by atoms with Crippen LogP contribution in [-0.2, 0) is 15.9 Å². The number of rotatable bonds is 4. The third-order valence-corrected chi connectivity index (χ3v) is 7.66. The third-order valence-electron chi connectivity index (χ3n) is 5.14. The van der Waals surface area contributed by atoms with Crippen LogP contribution in [0.15, 0.2) is 45.9 Å². The molecule has 1 aliphatic heterocycles. The van der Waals surface area contributed by atoms with Gasteiger partial charge in [0.25, 0.3) is 0 Å². The van der Waals surface area contributed by atoms with Crippen LogP contribution in [0.25, 0.3) is 11.0 Å². The van der Waals surface area contributed by atoms with Crippen molar-refractivity contribution >= 4 is 43.9 Å². The highest BCUT2D eigenvalue weighted by Crippen LogP contribution is 2.36. The summed E-state index contributed by atoms with van der Waals surface area (Å²) in [6, 6.07) is 8.37. The van der Waals surface area contributed by atoms with Crippen molar-refractivity contribution in [3.63, 3.8) is 0 Å². The Balaban J connectivity index is 1.50. The molecule has 1 saturated heterocycles. The molecule has 0 bridgehead atoms. The molecule has 1 aromatic heterocycles. The Hall–Kier alpha value is -2.30.